The predicted octanol–water partition coefficient (Wildman–Crippen LogP) is 2.95. The number of rotatable bonds is 7. The van der Waals surface area contributed by atoms with E-state index in [9.17, 15) is 8.42 Å². The fraction of sp³-hybridized carbons (Fsp3) is 0.412. The van der Waals surface area contributed by atoms with Crippen molar-refractivity contribution in [3.63, 3.8) is 0 Å². The van der Waals surface area contributed by atoms with Crippen molar-refractivity contribution in [2.45, 2.75) is 45.8 Å². The second kappa shape index (κ2) is 7.08. The van der Waals surface area contributed by atoms with E-state index in [0.717, 1.165) is 23.4 Å². The Labute approximate surface area is 152 Å². The highest BCUT2D eigenvalue weighted by atomic mass is 32.2. The maximum atomic E-state index is 12.4. The number of aryl methyl sites for hydroxylation is 1. The van der Waals surface area contributed by atoms with Crippen LogP contribution in [0.5, 0.6) is 0 Å². The van der Waals surface area contributed by atoms with Gasteiger partial charge in [0.15, 0.2) is 11.5 Å². The molecule has 0 unspecified atom stereocenters. The van der Waals surface area contributed by atoms with Crippen molar-refractivity contribution in [3.8, 4) is 11.5 Å². The first kappa shape index (κ1) is 18.4. The smallest absolute Gasteiger partial charge is 0.274 e. The van der Waals surface area contributed by atoms with Gasteiger partial charge in [-0.15, -0.1) is 0 Å². The zero-order valence-corrected chi connectivity index (χ0v) is 16.0. The Morgan fingerprint density at radius 2 is 2.04 bits per heavy atom. The summed E-state index contributed by atoms with van der Waals surface area (Å²) < 4.78 is 38.0. The van der Waals surface area contributed by atoms with Crippen molar-refractivity contribution >= 4 is 10.0 Å². The highest BCUT2D eigenvalue weighted by Gasteiger charge is 2.21. The normalized spacial score (nSPS) is 12.2. The Morgan fingerprint density at radius 1 is 1.27 bits per heavy atom. The van der Waals surface area contributed by atoms with Gasteiger partial charge in [0, 0.05) is 17.3 Å². The van der Waals surface area contributed by atoms with Gasteiger partial charge in [0.1, 0.15) is 5.69 Å². The second-order valence-electron chi connectivity index (χ2n) is 6.65. The molecule has 140 valence electrons. The lowest BCUT2D eigenvalue weighted by Gasteiger charge is -2.01. The molecule has 0 radical (unpaired) electrons. The number of hydrogen-bond acceptors (Lipinski definition) is 6. The lowest BCUT2D eigenvalue weighted by atomic mass is 10.1. The summed E-state index contributed by atoms with van der Waals surface area (Å²) in [5, 5.41) is 10.8. The minimum absolute atomic E-state index is 0.00397. The third kappa shape index (κ3) is 3.88. The van der Waals surface area contributed by atoms with Crippen LogP contribution >= 0.6 is 0 Å². The fourth-order valence-electron chi connectivity index (χ4n) is 2.51. The molecule has 0 amide bonds. The molecule has 3 aromatic rings. The molecular formula is C17H22N4O4S. The topological polar surface area (TPSA) is 114 Å². The van der Waals surface area contributed by atoms with E-state index < -0.39 is 10.0 Å². The average molecular weight is 378 g/mol. The number of aromatic amines is 1. The molecule has 2 N–H and O–H groups in total. The van der Waals surface area contributed by atoms with Gasteiger partial charge in [0.2, 0.25) is 5.09 Å². The van der Waals surface area contributed by atoms with Gasteiger partial charge in [-0.2, -0.15) is 5.10 Å². The van der Waals surface area contributed by atoms with Crippen LogP contribution in [0.4, 0.5) is 0 Å². The molecule has 0 atom stereocenters. The predicted molar refractivity (Wildman–Crippen MR) is 94.8 cm³/mol. The highest BCUT2D eigenvalue weighted by Crippen LogP contribution is 2.26. The largest absolute Gasteiger partial charge is 0.442 e. The van der Waals surface area contributed by atoms with E-state index in [0.29, 0.717) is 23.1 Å². The number of H-pyrrole nitrogens is 1. The Balaban J connectivity index is 1.71. The van der Waals surface area contributed by atoms with Gasteiger partial charge in [-0.05, 0) is 38.3 Å². The Bertz CT molecular complexity index is 998. The van der Waals surface area contributed by atoms with Gasteiger partial charge in [-0.1, -0.05) is 19.0 Å². The molecule has 0 aliphatic carbocycles. The first-order chi connectivity index (χ1) is 12.3. The number of sulfonamides is 1. The Morgan fingerprint density at radius 3 is 2.69 bits per heavy atom. The molecule has 26 heavy (non-hydrogen) atoms. The monoisotopic (exact) mass is 378 g/mol. The number of furan rings is 1. The molecule has 0 bridgehead atoms. The van der Waals surface area contributed by atoms with Gasteiger partial charge in [0.05, 0.1) is 12.2 Å². The molecule has 0 fully saturated rings. The van der Waals surface area contributed by atoms with Crippen LogP contribution < -0.4 is 4.72 Å². The van der Waals surface area contributed by atoms with E-state index in [2.05, 4.69) is 33.9 Å². The summed E-state index contributed by atoms with van der Waals surface area (Å²) in [5.41, 5.74) is 3.22. The van der Waals surface area contributed by atoms with Crippen molar-refractivity contribution in [2.75, 3.05) is 0 Å². The Kier molecular flexibility index (Phi) is 5.01. The molecule has 3 heterocycles. The SMILES string of the molecule is Cc1[nH]nc(-c2ccc(S(=O)(=O)NCc3cc(CC(C)C)no3)o2)c1C. The van der Waals surface area contributed by atoms with Crippen LogP contribution in [0.15, 0.2) is 32.2 Å². The molecule has 0 aliphatic heterocycles. The van der Waals surface area contributed by atoms with E-state index in [1.54, 1.807) is 12.1 Å². The molecule has 0 aliphatic rings. The van der Waals surface area contributed by atoms with Crippen molar-refractivity contribution in [3.05, 3.63) is 40.9 Å². The van der Waals surface area contributed by atoms with Crippen molar-refractivity contribution < 1.29 is 17.4 Å². The minimum Gasteiger partial charge on any atom is -0.442 e. The number of aromatic nitrogens is 3. The van der Waals surface area contributed by atoms with Gasteiger partial charge in [-0.3, -0.25) is 5.10 Å². The summed E-state index contributed by atoms with van der Waals surface area (Å²) in [6.45, 7) is 7.94. The first-order valence-electron chi connectivity index (χ1n) is 8.32. The molecule has 0 aromatic carbocycles. The highest BCUT2D eigenvalue weighted by molar-refractivity contribution is 7.89. The number of nitrogens with one attached hydrogen (secondary N) is 2. The number of nitrogens with zero attached hydrogens (tertiary/aromatic N) is 2. The summed E-state index contributed by atoms with van der Waals surface area (Å²) in [6.07, 6.45) is 0.778. The molecular weight excluding hydrogens is 356 g/mol. The molecule has 0 spiro atoms. The van der Waals surface area contributed by atoms with Crippen LogP contribution in [0.1, 0.15) is 36.6 Å². The minimum atomic E-state index is -3.81. The summed E-state index contributed by atoms with van der Waals surface area (Å²) >= 11 is 0. The molecule has 3 rings (SSSR count). The molecule has 9 heteroatoms. The average Bonchev–Trinajstić information content (AvgIpc) is 3.28. The van der Waals surface area contributed by atoms with Crippen molar-refractivity contribution in [1.29, 1.82) is 0 Å². The maximum Gasteiger partial charge on any atom is 0.274 e. The van der Waals surface area contributed by atoms with Crippen molar-refractivity contribution in [2.24, 2.45) is 5.92 Å². The van der Waals surface area contributed by atoms with E-state index in [1.807, 2.05) is 13.8 Å². The summed E-state index contributed by atoms with van der Waals surface area (Å²) in [4.78, 5) is 0. The molecule has 0 saturated heterocycles. The fourth-order valence-corrected chi connectivity index (χ4v) is 3.43. The summed E-state index contributed by atoms with van der Waals surface area (Å²) in [5.74, 6) is 1.29. The van der Waals surface area contributed by atoms with Gasteiger partial charge < -0.3 is 8.94 Å². The molecule has 0 saturated carbocycles. The zero-order valence-electron chi connectivity index (χ0n) is 15.2. The molecule has 8 nitrogen and oxygen atoms in total. The van der Waals surface area contributed by atoms with E-state index in [4.69, 9.17) is 8.94 Å². The lowest BCUT2D eigenvalue weighted by molar-refractivity contribution is 0.371. The second-order valence-corrected chi connectivity index (χ2v) is 8.35. The first-order valence-corrected chi connectivity index (χ1v) is 9.80. The quantitative estimate of drug-likeness (QED) is 0.653. The van der Waals surface area contributed by atoms with E-state index in [-0.39, 0.29) is 11.6 Å². The van der Waals surface area contributed by atoms with Crippen molar-refractivity contribution in [1.82, 2.24) is 20.1 Å². The summed E-state index contributed by atoms with van der Waals surface area (Å²) in [6, 6.07) is 4.75. The standard InChI is InChI=1S/C17H22N4O4S/c1-10(2)7-13-8-14(25-21-13)9-18-26(22,23)16-6-5-15(24-16)17-11(3)12(4)19-20-17/h5-6,8,10,18H,7,9H2,1-4H3,(H,19,20). The van der Waals surface area contributed by atoms with Crippen LogP contribution in [0.25, 0.3) is 11.5 Å². The van der Waals surface area contributed by atoms with E-state index in [1.165, 1.54) is 6.07 Å². The van der Waals surface area contributed by atoms with Crippen LogP contribution in [-0.2, 0) is 23.0 Å². The number of hydrogen-bond donors (Lipinski definition) is 2. The maximum absolute atomic E-state index is 12.4. The van der Waals surface area contributed by atoms with Gasteiger partial charge in [-0.25, -0.2) is 13.1 Å². The zero-order chi connectivity index (χ0) is 18.9. The van der Waals surface area contributed by atoms with Crippen LogP contribution in [0, 0.1) is 19.8 Å². The molecule has 3 aromatic heterocycles. The summed E-state index contributed by atoms with van der Waals surface area (Å²) in [7, 11) is -3.81. The lowest BCUT2D eigenvalue weighted by Crippen LogP contribution is -2.22. The van der Waals surface area contributed by atoms with Gasteiger partial charge in [0.25, 0.3) is 10.0 Å². The van der Waals surface area contributed by atoms with Crippen LogP contribution in [-0.4, -0.2) is 23.8 Å². The van der Waals surface area contributed by atoms with E-state index >= 15 is 0 Å². The van der Waals surface area contributed by atoms with Crippen LogP contribution in [0.2, 0.25) is 0 Å². The third-order valence-electron chi connectivity index (χ3n) is 3.99. The van der Waals surface area contributed by atoms with Crippen LogP contribution in [0.3, 0.4) is 0 Å². The third-order valence-corrected chi connectivity index (χ3v) is 5.27. The van der Waals surface area contributed by atoms with Gasteiger partial charge >= 0.3 is 0 Å². The Hall–Kier alpha value is -2.39.